The van der Waals surface area contributed by atoms with Crippen molar-refractivity contribution in [1.29, 1.82) is 0 Å². The van der Waals surface area contributed by atoms with E-state index >= 15 is 0 Å². The summed E-state index contributed by atoms with van der Waals surface area (Å²) in [5.74, 6) is -1.68. The van der Waals surface area contributed by atoms with Crippen molar-refractivity contribution in [2.24, 2.45) is 23.7 Å². The fourth-order valence-electron chi connectivity index (χ4n) is 5.24. The molecule has 6 nitrogen and oxygen atoms in total. The molecule has 4 atom stereocenters. The molecule has 2 amide bonds. The highest BCUT2D eigenvalue weighted by Gasteiger charge is 2.53. The van der Waals surface area contributed by atoms with Crippen LogP contribution in [0.15, 0.2) is 41.0 Å². The van der Waals surface area contributed by atoms with E-state index in [9.17, 15) is 24.9 Å². The van der Waals surface area contributed by atoms with Crippen LogP contribution < -0.4 is 0 Å². The van der Waals surface area contributed by atoms with Crippen molar-refractivity contribution >= 4 is 17.9 Å². The van der Waals surface area contributed by atoms with E-state index in [1.165, 1.54) is 17.5 Å². The van der Waals surface area contributed by atoms with Crippen LogP contribution in [-0.4, -0.2) is 51.8 Å². The molecule has 1 fully saturated rings. The summed E-state index contributed by atoms with van der Waals surface area (Å²) in [4.78, 5) is 26.6. The van der Waals surface area contributed by atoms with Gasteiger partial charge in [0.1, 0.15) is 5.75 Å². The number of phenolic OH excluding ortho intramolecular Hbond substituents is 1. The lowest BCUT2D eigenvalue weighted by Crippen LogP contribution is -2.39. The fourth-order valence-corrected chi connectivity index (χ4v) is 5.24. The van der Waals surface area contributed by atoms with Crippen molar-refractivity contribution in [2.45, 2.75) is 52.6 Å². The molecule has 3 N–H and O–H groups in total. The van der Waals surface area contributed by atoms with Gasteiger partial charge in [-0.1, -0.05) is 50.1 Å². The van der Waals surface area contributed by atoms with Crippen molar-refractivity contribution < 1.29 is 24.9 Å². The number of aliphatic hydroxyl groups excluding tert-OH is 2. The first-order valence-corrected chi connectivity index (χ1v) is 11.5. The summed E-state index contributed by atoms with van der Waals surface area (Å²) in [6.07, 6.45) is 3.73. The molecule has 0 saturated carbocycles. The lowest BCUT2D eigenvalue weighted by atomic mass is 9.66. The van der Waals surface area contributed by atoms with E-state index in [2.05, 4.69) is 13.0 Å². The molecule has 0 spiro atoms. The average molecular weight is 442 g/mol. The lowest BCUT2D eigenvalue weighted by molar-refractivity contribution is -0.138. The van der Waals surface area contributed by atoms with Gasteiger partial charge >= 0.3 is 0 Å². The van der Waals surface area contributed by atoms with Gasteiger partial charge in [0.05, 0.1) is 24.5 Å². The molecule has 3 rings (SSSR count). The first kappa shape index (κ1) is 24.2. The third-order valence-electron chi connectivity index (χ3n) is 7.05. The second kappa shape index (κ2) is 10.0. The van der Waals surface area contributed by atoms with Crippen LogP contribution in [0.4, 0.5) is 0 Å². The topological polar surface area (TPSA) is 98.1 Å². The second-order valence-electron chi connectivity index (χ2n) is 9.30. The summed E-state index contributed by atoms with van der Waals surface area (Å²) in [5.41, 5.74) is 3.90. The van der Waals surface area contributed by atoms with Gasteiger partial charge in [0, 0.05) is 13.0 Å². The highest BCUT2D eigenvalue weighted by Crippen LogP contribution is 2.47. The Morgan fingerprint density at radius 2 is 1.84 bits per heavy atom. The molecule has 2 aliphatic rings. The largest absolute Gasteiger partial charge is 0.508 e. The molecule has 1 aromatic rings. The first-order valence-electron chi connectivity index (χ1n) is 11.5. The number of benzene rings is 1. The molecule has 0 radical (unpaired) electrons. The Labute approximate surface area is 190 Å². The SMILES string of the molecule is CC/C(=C\c1ccc(O)cc1)CC[C@@H](O)C1=C(C(C)C)C[C@H]2C(=O)N(C)C(=O)[C@H]2[C@H]1CO. The molecular formula is C26H35NO5. The summed E-state index contributed by atoms with van der Waals surface area (Å²) in [6, 6.07) is 7.00. The number of fused-ring (bicyclic) bond motifs is 1. The van der Waals surface area contributed by atoms with Crippen LogP contribution in [0.5, 0.6) is 5.75 Å². The molecule has 174 valence electrons. The van der Waals surface area contributed by atoms with E-state index in [0.717, 1.165) is 23.1 Å². The number of aliphatic hydroxyl groups is 2. The Hall–Kier alpha value is -2.44. The number of aromatic hydroxyl groups is 1. The Morgan fingerprint density at radius 3 is 2.41 bits per heavy atom. The van der Waals surface area contributed by atoms with Gasteiger partial charge in [0.2, 0.25) is 11.8 Å². The zero-order chi connectivity index (χ0) is 23.6. The van der Waals surface area contributed by atoms with Crippen LogP contribution >= 0.6 is 0 Å². The van der Waals surface area contributed by atoms with Gasteiger partial charge in [-0.2, -0.15) is 0 Å². The molecule has 1 aliphatic heterocycles. The maximum absolute atomic E-state index is 12.8. The van der Waals surface area contributed by atoms with Gasteiger partial charge < -0.3 is 15.3 Å². The minimum atomic E-state index is -0.783. The van der Waals surface area contributed by atoms with Crippen LogP contribution in [0.3, 0.4) is 0 Å². The quantitative estimate of drug-likeness (QED) is 0.424. The molecular weight excluding hydrogens is 406 g/mol. The number of rotatable bonds is 8. The summed E-state index contributed by atoms with van der Waals surface area (Å²) in [5, 5.41) is 30.9. The standard InChI is InChI=1S/C26H35NO5/c1-5-16(12-17-6-9-18(29)10-7-17)8-11-22(30)23-19(15(2)3)13-20-24(21(23)14-28)26(32)27(4)25(20)31/h6-7,9-10,12,15,20-22,24,28-30H,5,8,11,13-14H2,1-4H3/b16-12+/t20-,21+,22-,24-/m1/s1. The third kappa shape index (κ3) is 4.66. The number of hydrogen-bond acceptors (Lipinski definition) is 5. The van der Waals surface area contributed by atoms with Crippen molar-refractivity contribution in [2.75, 3.05) is 13.7 Å². The van der Waals surface area contributed by atoms with E-state index in [1.807, 2.05) is 26.0 Å². The monoisotopic (exact) mass is 441 g/mol. The number of nitrogens with zero attached hydrogens (tertiary/aromatic N) is 1. The Kier molecular flexibility index (Phi) is 7.57. The minimum Gasteiger partial charge on any atom is -0.508 e. The second-order valence-corrected chi connectivity index (χ2v) is 9.30. The number of amides is 2. The smallest absolute Gasteiger partial charge is 0.233 e. The maximum Gasteiger partial charge on any atom is 0.233 e. The number of imide groups is 1. The van der Waals surface area contributed by atoms with E-state index in [1.54, 1.807) is 12.1 Å². The molecule has 1 aliphatic carbocycles. The van der Waals surface area contributed by atoms with E-state index < -0.39 is 23.9 Å². The van der Waals surface area contributed by atoms with Crippen LogP contribution in [0.2, 0.25) is 0 Å². The zero-order valence-electron chi connectivity index (χ0n) is 19.4. The van der Waals surface area contributed by atoms with Gasteiger partial charge in [0.15, 0.2) is 0 Å². The predicted molar refractivity (Wildman–Crippen MR) is 123 cm³/mol. The van der Waals surface area contributed by atoms with Crippen molar-refractivity contribution in [1.82, 2.24) is 4.90 Å². The Bertz CT molecular complexity index is 915. The molecule has 0 bridgehead atoms. The highest BCUT2D eigenvalue weighted by molar-refractivity contribution is 6.05. The summed E-state index contributed by atoms with van der Waals surface area (Å²) < 4.78 is 0. The fraction of sp³-hybridized carbons (Fsp3) is 0.538. The normalized spacial score (nSPS) is 25.0. The number of carbonyl (C=O) groups excluding carboxylic acids is 2. The Balaban J connectivity index is 1.85. The Morgan fingerprint density at radius 1 is 1.19 bits per heavy atom. The van der Waals surface area contributed by atoms with E-state index in [0.29, 0.717) is 19.3 Å². The molecule has 1 aromatic carbocycles. The number of phenols is 1. The first-order chi connectivity index (χ1) is 15.2. The maximum atomic E-state index is 12.8. The average Bonchev–Trinajstić information content (AvgIpc) is 3.00. The van der Waals surface area contributed by atoms with Crippen LogP contribution in [0.25, 0.3) is 6.08 Å². The molecule has 6 heteroatoms. The van der Waals surface area contributed by atoms with Gasteiger partial charge in [0.25, 0.3) is 0 Å². The summed E-state index contributed by atoms with van der Waals surface area (Å²) >= 11 is 0. The van der Waals surface area contributed by atoms with Gasteiger partial charge in [-0.3, -0.25) is 14.5 Å². The predicted octanol–water partition coefficient (Wildman–Crippen LogP) is 3.52. The lowest BCUT2D eigenvalue weighted by Gasteiger charge is -2.38. The number of likely N-dealkylation sites (tertiary alicyclic amines) is 1. The van der Waals surface area contributed by atoms with E-state index in [-0.39, 0.29) is 30.1 Å². The van der Waals surface area contributed by atoms with E-state index in [4.69, 9.17) is 0 Å². The van der Waals surface area contributed by atoms with Gasteiger partial charge in [-0.05, 0) is 54.9 Å². The highest BCUT2D eigenvalue weighted by atomic mass is 16.3. The van der Waals surface area contributed by atoms with Crippen LogP contribution in [0.1, 0.15) is 52.0 Å². The molecule has 1 heterocycles. The number of allylic oxidation sites excluding steroid dienone is 2. The van der Waals surface area contributed by atoms with Crippen LogP contribution in [0, 0.1) is 23.7 Å². The summed E-state index contributed by atoms with van der Waals surface area (Å²) in [7, 11) is 1.50. The van der Waals surface area contributed by atoms with Crippen molar-refractivity contribution in [3.8, 4) is 5.75 Å². The van der Waals surface area contributed by atoms with Crippen molar-refractivity contribution in [3.05, 3.63) is 46.5 Å². The molecule has 1 saturated heterocycles. The third-order valence-corrected chi connectivity index (χ3v) is 7.05. The molecule has 0 aromatic heterocycles. The van der Waals surface area contributed by atoms with Crippen LogP contribution in [-0.2, 0) is 9.59 Å². The molecule has 32 heavy (non-hydrogen) atoms. The van der Waals surface area contributed by atoms with Crippen molar-refractivity contribution in [3.63, 3.8) is 0 Å². The van der Waals surface area contributed by atoms with Gasteiger partial charge in [-0.25, -0.2) is 0 Å². The molecule has 0 unspecified atom stereocenters. The van der Waals surface area contributed by atoms with Gasteiger partial charge in [-0.15, -0.1) is 0 Å². The number of carbonyl (C=O) groups is 2. The zero-order valence-corrected chi connectivity index (χ0v) is 19.4. The summed E-state index contributed by atoms with van der Waals surface area (Å²) in [6.45, 7) is 5.87. The minimum absolute atomic E-state index is 0.113. The number of hydrogen-bond donors (Lipinski definition) is 3.